The molecule has 0 radical (unpaired) electrons. The van der Waals surface area contributed by atoms with Gasteiger partial charge < -0.3 is 9.88 Å². The SMILES string of the molecule is CN(CCCCc1cc(Cl)cc(Cl)c1)c1nc2nc(F)ccc2[nH]1. The summed E-state index contributed by atoms with van der Waals surface area (Å²) >= 11 is 12.0. The Morgan fingerprint density at radius 2 is 1.83 bits per heavy atom. The lowest BCUT2D eigenvalue weighted by molar-refractivity contribution is 0.588. The van der Waals surface area contributed by atoms with Crippen LogP contribution in [0.15, 0.2) is 30.3 Å². The third kappa shape index (κ3) is 4.16. The largest absolute Gasteiger partial charge is 0.345 e. The van der Waals surface area contributed by atoms with E-state index in [1.54, 1.807) is 12.1 Å². The lowest BCUT2D eigenvalue weighted by atomic mass is 10.1. The van der Waals surface area contributed by atoms with Crippen LogP contribution in [0.5, 0.6) is 0 Å². The zero-order valence-electron chi connectivity index (χ0n) is 13.2. The minimum absolute atomic E-state index is 0.394. The molecule has 7 heteroatoms. The van der Waals surface area contributed by atoms with Crippen LogP contribution in [0.2, 0.25) is 10.0 Å². The molecule has 2 heterocycles. The lowest BCUT2D eigenvalue weighted by Gasteiger charge is -2.15. The lowest BCUT2D eigenvalue weighted by Crippen LogP contribution is -2.19. The molecule has 1 aromatic carbocycles. The predicted octanol–water partition coefficient (Wildman–Crippen LogP) is 4.86. The van der Waals surface area contributed by atoms with Crippen molar-refractivity contribution in [3.63, 3.8) is 0 Å². The number of aryl methyl sites for hydroxylation is 1. The topological polar surface area (TPSA) is 44.8 Å². The number of nitrogens with zero attached hydrogens (tertiary/aromatic N) is 3. The maximum atomic E-state index is 13.1. The van der Waals surface area contributed by atoms with Crippen molar-refractivity contribution in [2.45, 2.75) is 19.3 Å². The van der Waals surface area contributed by atoms with Gasteiger partial charge in [-0.1, -0.05) is 23.2 Å². The number of rotatable bonds is 6. The van der Waals surface area contributed by atoms with E-state index in [0.29, 0.717) is 21.6 Å². The Bertz CT molecular complexity index is 829. The van der Waals surface area contributed by atoms with Crippen molar-refractivity contribution in [3.05, 3.63) is 51.9 Å². The first-order valence-electron chi connectivity index (χ1n) is 7.69. The van der Waals surface area contributed by atoms with Crippen molar-refractivity contribution in [1.82, 2.24) is 15.0 Å². The molecule has 0 aliphatic carbocycles. The quantitative estimate of drug-likeness (QED) is 0.500. The van der Waals surface area contributed by atoms with Crippen molar-refractivity contribution in [2.24, 2.45) is 0 Å². The zero-order chi connectivity index (χ0) is 17.1. The summed E-state index contributed by atoms with van der Waals surface area (Å²) in [6.07, 6.45) is 2.91. The molecule has 0 unspecified atom stereocenters. The highest BCUT2D eigenvalue weighted by Crippen LogP contribution is 2.20. The Balaban J connectivity index is 1.53. The van der Waals surface area contributed by atoms with Crippen molar-refractivity contribution in [2.75, 3.05) is 18.5 Å². The first-order chi connectivity index (χ1) is 11.5. The molecule has 3 rings (SSSR count). The molecule has 0 saturated heterocycles. The van der Waals surface area contributed by atoms with Gasteiger partial charge >= 0.3 is 0 Å². The van der Waals surface area contributed by atoms with Gasteiger partial charge in [0.1, 0.15) is 0 Å². The van der Waals surface area contributed by atoms with Gasteiger partial charge in [0.05, 0.1) is 5.52 Å². The normalized spacial score (nSPS) is 11.2. The van der Waals surface area contributed by atoms with Gasteiger partial charge in [-0.3, -0.25) is 0 Å². The molecule has 0 saturated carbocycles. The maximum Gasteiger partial charge on any atom is 0.215 e. The smallest absolute Gasteiger partial charge is 0.215 e. The van der Waals surface area contributed by atoms with E-state index < -0.39 is 5.95 Å². The number of imidazole rings is 1. The molecule has 0 aliphatic rings. The van der Waals surface area contributed by atoms with Gasteiger partial charge in [-0.2, -0.15) is 14.4 Å². The van der Waals surface area contributed by atoms with Gasteiger partial charge in [-0.15, -0.1) is 0 Å². The first-order valence-corrected chi connectivity index (χ1v) is 8.45. The van der Waals surface area contributed by atoms with Gasteiger partial charge in [-0.25, -0.2) is 0 Å². The highest BCUT2D eigenvalue weighted by atomic mass is 35.5. The van der Waals surface area contributed by atoms with Crippen LogP contribution in [-0.2, 0) is 6.42 Å². The monoisotopic (exact) mass is 366 g/mol. The molecule has 4 nitrogen and oxygen atoms in total. The van der Waals surface area contributed by atoms with Crippen LogP contribution >= 0.6 is 23.2 Å². The van der Waals surface area contributed by atoms with Crippen LogP contribution in [0, 0.1) is 5.95 Å². The predicted molar refractivity (Wildman–Crippen MR) is 96.5 cm³/mol. The molecular weight excluding hydrogens is 350 g/mol. The number of nitrogens with one attached hydrogen (secondary N) is 1. The fourth-order valence-electron chi connectivity index (χ4n) is 2.58. The highest BCUT2D eigenvalue weighted by Gasteiger charge is 2.09. The molecule has 0 bridgehead atoms. The van der Waals surface area contributed by atoms with Gasteiger partial charge in [-0.05, 0) is 55.2 Å². The summed E-state index contributed by atoms with van der Waals surface area (Å²) in [4.78, 5) is 13.2. The number of unbranched alkanes of at least 4 members (excludes halogenated alkanes) is 1. The van der Waals surface area contributed by atoms with Crippen molar-refractivity contribution < 1.29 is 4.39 Å². The average molecular weight is 367 g/mol. The van der Waals surface area contributed by atoms with E-state index in [1.165, 1.54) is 6.07 Å². The molecule has 1 N–H and O–H groups in total. The Kier molecular flexibility index (Phi) is 5.21. The van der Waals surface area contributed by atoms with E-state index in [4.69, 9.17) is 23.2 Å². The number of H-pyrrole nitrogens is 1. The van der Waals surface area contributed by atoms with Crippen LogP contribution in [0.25, 0.3) is 11.2 Å². The molecule has 0 atom stereocenters. The highest BCUT2D eigenvalue weighted by molar-refractivity contribution is 6.34. The molecule has 0 spiro atoms. The van der Waals surface area contributed by atoms with E-state index in [-0.39, 0.29) is 0 Å². The van der Waals surface area contributed by atoms with E-state index in [1.807, 2.05) is 24.1 Å². The molecule has 24 heavy (non-hydrogen) atoms. The standard InChI is InChI=1S/C17H17Cl2FN4/c1-24(17-21-14-5-6-15(20)22-16(14)23-17)7-3-2-4-11-8-12(18)10-13(19)9-11/h5-6,8-10H,2-4,7H2,1H3,(H,21,22,23). The van der Waals surface area contributed by atoms with E-state index >= 15 is 0 Å². The number of halogens is 3. The first kappa shape index (κ1) is 17.0. The van der Waals surface area contributed by atoms with Crippen LogP contribution in [0.1, 0.15) is 18.4 Å². The van der Waals surface area contributed by atoms with Gasteiger partial charge in [0.2, 0.25) is 11.9 Å². The summed E-state index contributed by atoms with van der Waals surface area (Å²) in [5.41, 5.74) is 2.26. The van der Waals surface area contributed by atoms with E-state index in [9.17, 15) is 4.39 Å². The van der Waals surface area contributed by atoms with Gasteiger partial charge in [0, 0.05) is 23.6 Å². The molecule has 126 valence electrons. The summed E-state index contributed by atoms with van der Waals surface area (Å²) in [6, 6.07) is 8.58. The molecule has 0 amide bonds. The molecule has 0 fully saturated rings. The molecule has 2 aromatic heterocycles. The summed E-state index contributed by atoms with van der Waals surface area (Å²) in [6.45, 7) is 0.830. The van der Waals surface area contributed by atoms with Crippen LogP contribution < -0.4 is 4.90 Å². The minimum atomic E-state index is -0.525. The number of fused-ring (bicyclic) bond motifs is 1. The van der Waals surface area contributed by atoms with Crippen molar-refractivity contribution in [3.8, 4) is 0 Å². The van der Waals surface area contributed by atoms with E-state index in [0.717, 1.165) is 36.9 Å². The summed E-state index contributed by atoms with van der Waals surface area (Å²) in [5, 5.41) is 1.33. The second kappa shape index (κ2) is 7.36. The average Bonchev–Trinajstić information content (AvgIpc) is 2.93. The van der Waals surface area contributed by atoms with E-state index in [2.05, 4.69) is 15.0 Å². The van der Waals surface area contributed by atoms with Crippen molar-refractivity contribution in [1.29, 1.82) is 0 Å². The summed E-state index contributed by atoms with van der Waals surface area (Å²) < 4.78 is 13.1. The third-order valence-corrected chi connectivity index (χ3v) is 4.23. The second-order valence-corrected chi connectivity index (χ2v) is 6.59. The number of pyridine rings is 1. The molecule has 3 aromatic rings. The van der Waals surface area contributed by atoms with Crippen molar-refractivity contribution >= 4 is 40.3 Å². The summed E-state index contributed by atoms with van der Waals surface area (Å²) in [5.74, 6) is 0.164. The van der Waals surface area contributed by atoms with Crippen LogP contribution in [0.3, 0.4) is 0 Å². The number of hydrogen-bond donors (Lipinski definition) is 1. The minimum Gasteiger partial charge on any atom is -0.345 e. The van der Waals surface area contributed by atoms with Crippen LogP contribution in [-0.4, -0.2) is 28.5 Å². The Labute approximate surface area is 149 Å². The second-order valence-electron chi connectivity index (χ2n) is 5.72. The summed E-state index contributed by atoms with van der Waals surface area (Å²) in [7, 11) is 1.95. The Hall–Kier alpha value is -1.85. The number of hydrogen-bond acceptors (Lipinski definition) is 3. The fraction of sp³-hybridized carbons (Fsp3) is 0.294. The van der Waals surface area contributed by atoms with Crippen LogP contribution in [0.4, 0.5) is 10.3 Å². The Morgan fingerprint density at radius 1 is 1.08 bits per heavy atom. The van der Waals surface area contributed by atoms with Gasteiger partial charge in [0.25, 0.3) is 0 Å². The fourth-order valence-corrected chi connectivity index (χ4v) is 3.15. The zero-order valence-corrected chi connectivity index (χ0v) is 14.7. The third-order valence-electron chi connectivity index (χ3n) is 3.79. The number of aromatic amines is 1. The molecule has 0 aliphatic heterocycles. The number of aromatic nitrogens is 3. The van der Waals surface area contributed by atoms with Gasteiger partial charge in [0.15, 0.2) is 5.65 Å². The number of anilines is 1. The maximum absolute atomic E-state index is 13.1. The molecular formula is C17H17Cl2FN4. The Morgan fingerprint density at radius 3 is 2.58 bits per heavy atom. The number of benzene rings is 1.